The number of nitrogens with one attached hydrogen (secondary N) is 1. The molecule has 0 spiro atoms. The first-order chi connectivity index (χ1) is 26.6. The standard InChI is InChI=1S/C21H21F3N2O2S.C21H25N3OS/c1-26-12-10-15(11-13-26)27-19(20-25-17-4-2-3-5-18(17)29-20)14-6-8-16(9-7-14)28-21(22,23)24;1-24-12-10-16(11-13-24)22-20(15-6-5-7-17(14-15)25-2)21-23-18-8-3-4-9-19(18)26-21/h2-9,15,19H,10-13H2,1H3;3-9,14,16,20,22H,10-13H2,1-2H3. The van der Waals surface area contributed by atoms with Gasteiger partial charge in [0.2, 0.25) is 0 Å². The van der Waals surface area contributed by atoms with Crippen LogP contribution in [-0.4, -0.2) is 85.7 Å². The van der Waals surface area contributed by atoms with Crippen molar-refractivity contribution < 1.29 is 27.4 Å². The number of halogens is 3. The second-order valence-corrected chi connectivity index (χ2v) is 16.3. The minimum absolute atomic E-state index is 0.0781. The Morgan fingerprint density at radius 2 is 1.27 bits per heavy atom. The van der Waals surface area contributed by atoms with Crippen LogP contribution in [0.15, 0.2) is 97.1 Å². The van der Waals surface area contributed by atoms with Gasteiger partial charge in [0, 0.05) is 19.1 Å². The van der Waals surface area contributed by atoms with E-state index in [4.69, 9.17) is 19.4 Å². The molecule has 0 aliphatic carbocycles. The second-order valence-electron chi connectivity index (χ2n) is 14.1. The van der Waals surface area contributed by atoms with Crippen molar-refractivity contribution in [3.8, 4) is 11.5 Å². The fourth-order valence-electron chi connectivity index (χ4n) is 6.99. The number of thiazole rings is 2. The van der Waals surface area contributed by atoms with Gasteiger partial charge in [-0.1, -0.05) is 48.5 Å². The Morgan fingerprint density at radius 3 is 1.87 bits per heavy atom. The Hall–Kier alpha value is -4.11. The summed E-state index contributed by atoms with van der Waals surface area (Å²) in [6.07, 6.45) is -0.905. The lowest BCUT2D eigenvalue weighted by Crippen LogP contribution is -2.42. The van der Waals surface area contributed by atoms with Crippen LogP contribution < -0.4 is 14.8 Å². The van der Waals surface area contributed by atoms with E-state index in [2.05, 4.69) is 76.4 Å². The minimum Gasteiger partial charge on any atom is -0.497 e. The maximum Gasteiger partial charge on any atom is 0.573 e. The molecule has 55 heavy (non-hydrogen) atoms. The maximum atomic E-state index is 12.5. The Labute approximate surface area is 327 Å². The van der Waals surface area contributed by atoms with Crippen molar-refractivity contribution in [1.82, 2.24) is 25.1 Å². The van der Waals surface area contributed by atoms with Crippen LogP contribution in [0.1, 0.15) is 59.0 Å². The summed E-state index contributed by atoms with van der Waals surface area (Å²) in [5.74, 6) is 0.641. The second kappa shape index (κ2) is 17.8. The largest absolute Gasteiger partial charge is 0.573 e. The molecular formula is C42H46F3N5O3S2. The highest BCUT2D eigenvalue weighted by Gasteiger charge is 2.32. The molecule has 4 aromatic carbocycles. The first-order valence-electron chi connectivity index (χ1n) is 18.6. The first kappa shape index (κ1) is 39.1. The molecule has 2 aliphatic heterocycles. The van der Waals surface area contributed by atoms with E-state index in [0.717, 1.165) is 76.1 Å². The van der Waals surface area contributed by atoms with Crippen molar-refractivity contribution in [3.05, 3.63) is 118 Å². The molecule has 6 aromatic rings. The van der Waals surface area contributed by atoms with Crippen molar-refractivity contribution in [2.45, 2.75) is 56.3 Å². The third-order valence-corrected chi connectivity index (χ3v) is 12.2. The third-order valence-electron chi connectivity index (χ3n) is 10.1. The number of rotatable bonds is 10. The molecule has 1 N–H and O–H groups in total. The number of aromatic nitrogens is 2. The van der Waals surface area contributed by atoms with Gasteiger partial charge in [0.05, 0.1) is 39.7 Å². The van der Waals surface area contributed by atoms with Crippen LogP contribution in [0.5, 0.6) is 11.5 Å². The Morgan fingerprint density at radius 1 is 0.691 bits per heavy atom. The van der Waals surface area contributed by atoms with E-state index in [1.54, 1.807) is 41.9 Å². The number of hydrogen-bond donors (Lipinski definition) is 1. The molecule has 2 aromatic heterocycles. The molecular weight excluding hydrogens is 744 g/mol. The van der Waals surface area contributed by atoms with Gasteiger partial charge in [0.1, 0.15) is 27.6 Å². The molecule has 4 heterocycles. The Balaban J connectivity index is 0.000000170. The monoisotopic (exact) mass is 789 g/mol. The average molecular weight is 790 g/mol. The quantitative estimate of drug-likeness (QED) is 0.147. The predicted octanol–water partition coefficient (Wildman–Crippen LogP) is 9.47. The maximum absolute atomic E-state index is 12.5. The third kappa shape index (κ3) is 10.4. The highest BCUT2D eigenvalue weighted by atomic mass is 32.1. The summed E-state index contributed by atoms with van der Waals surface area (Å²) in [5.41, 5.74) is 3.94. The van der Waals surface area contributed by atoms with Gasteiger partial charge < -0.3 is 29.3 Å². The molecule has 13 heteroatoms. The van der Waals surface area contributed by atoms with Crippen LogP contribution in [-0.2, 0) is 4.74 Å². The van der Waals surface area contributed by atoms with Crippen molar-refractivity contribution >= 4 is 43.1 Å². The van der Waals surface area contributed by atoms with Gasteiger partial charge in [-0.15, -0.1) is 35.8 Å². The van der Waals surface area contributed by atoms with Gasteiger partial charge >= 0.3 is 6.36 Å². The fraction of sp³-hybridized carbons (Fsp3) is 0.381. The molecule has 2 unspecified atom stereocenters. The van der Waals surface area contributed by atoms with E-state index in [-0.39, 0.29) is 17.9 Å². The van der Waals surface area contributed by atoms with Crippen LogP contribution in [0.25, 0.3) is 20.4 Å². The fourth-order valence-corrected chi connectivity index (χ4v) is 9.08. The van der Waals surface area contributed by atoms with Crippen LogP contribution in [0.2, 0.25) is 0 Å². The summed E-state index contributed by atoms with van der Waals surface area (Å²) in [5, 5.41) is 5.81. The number of likely N-dealkylation sites (tertiary alicyclic amines) is 2. The van der Waals surface area contributed by atoms with Gasteiger partial charge in [0.15, 0.2) is 0 Å². The molecule has 2 saturated heterocycles. The highest BCUT2D eigenvalue weighted by Crippen LogP contribution is 2.37. The summed E-state index contributed by atoms with van der Waals surface area (Å²) in [7, 11) is 6.00. The van der Waals surface area contributed by atoms with Crippen molar-refractivity contribution in [2.24, 2.45) is 0 Å². The van der Waals surface area contributed by atoms with E-state index < -0.39 is 12.5 Å². The lowest BCUT2D eigenvalue weighted by atomic mass is 10.0. The topological polar surface area (TPSA) is 72.0 Å². The lowest BCUT2D eigenvalue weighted by molar-refractivity contribution is -0.274. The molecule has 0 amide bonds. The number of ether oxygens (including phenoxy) is 3. The van der Waals surface area contributed by atoms with Gasteiger partial charge in [-0.2, -0.15) is 0 Å². The van der Waals surface area contributed by atoms with Crippen molar-refractivity contribution in [1.29, 1.82) is 0 Å². The number of alkyl halides is 3. The molecule has 8 nitrogen and oxygen atoms in total. The van der Waals surface area contributed by atoms with Crippen LogP contribution in [0, 0.1) is 0 Å². The molecule has 8 rings (SSSR count). The Kier molecular flexibility index (Phi) is 12.7. The minimum atomic E-state index is -4.71. The van der Waals surface area contributed by atoms with Gasteiger partial charge in [-0.25, -0.2) is 9.97 Å². The number of para-hydroxylation sites is 2. The zero-order chi connectivity index (χ0) is 38.4. The van der Waals surface area contributed by atoms with E-state index in [1.807, 2.05) is 30.3 Å². The molecule has 0 saturated carbocycles. The van der Waals surface area contributed by atoms with Gasteiger partial charge in [-0.05, 0) is 113 Å². The number of methoxy groups -OCH3 is 1. The molecule has 0 bridgehead atoms. The van der Waals surface area contributed by atoms with E-state index in [9.17, 15) is 13.2 Å². The first-order valence-corrected chi connectivity index (χ1v) is 20.2. The predicted molar refractivity (Wildman–Crippen MR) is 214 cm³/mol. The molecule has 290 valence electrons. The van der Waals surface area contributed by atoms with Crippen LogP contribution >= 0.6 is 22.7 Å². The Bertz CT molecular complexity index is 2060. The number of hydrogen-bond acceptors (Lipinski definition) is 10. The number of benzene rings is 4. The summed E-state index contributed by atoms with van der Waals surface area (Å²) in [6, 6.07) is 31.0. The summed E-state index contributed by atoms with van der Waals surface area (Å²) < 4.78 is 55.6. The zero-order valence-corrected chi connectivity index (χ0v) is 32.8. The van der Waals surface area contributed by atoms with Crippen molar-refractivity contribution in [2.75, 3.05) is 47.4 Å². The van der Waals surface area contributed by atoms with Gasteiger partial charge in [-0.3, -0.25) is 0 Å². The number of piperidine rings is 2. The molecule has 2 fully saturated rings. The van der Waals surface area contributed by atoms with E-state index in [0.29, 0.717) is 6.04 Å². The SMILES string of the molecule is CN1CCC(OC(c2ccc(OC(F)(F)F)cc2)c2nc3ccccc3s2)CC1.COc1cccc(C(NC2CCN(C)CC2)c2nc3ccccc3s2)c1. The van der Waals surface area contributed by atoms with E-state index >= 15 is 0 Å². The number of nitrogens with zero attached hydrogens (tertiary/aromatic N) is 4. The lowest BCUT2D eigenvalue weighted by Gasteiger charge is -2.32. The molecule has 0 radical (unpaired) electrons. The number of fused-ring (bicyclic) bond motifs is 2. The highest BCUT2D eigenvalue weighted by molar-refractivity contribution is 7.19. The summed E-state index contributed by atoms with van der Waals surface area (Å²) >= 11 is 3.32. The summed E-state index contributed by atoms with van der Waals surface area (Å²) in [6.45, 7) is 4.19. The normalized spacial score (nSPS) is 17.5. The smallest absolute Gasteiger partial charge is 0.497 e. The average Bonchev–Trinajstić information content (AvgIpc) is 3.82. The zero-order valence-electron chi connectivity index (χ0n) is 31.2. The van der Waals surface area contributed by atoms with Gasteiger partial charge in [0.25, 0.3) is 0 Å². The molecule has 2 atom stereocenters. The van der Waals surface area contributed by atoms with Crippen LogP contribution in [0.3, 0.4) is 0 Å². The van der Waals surface area contributed by atoms with Crippen LogP contribution in [0.4, 0.5) is 13.2 Å². The van der Waals surface area contributed by atoms with E-state index in [1.165, 1.54) is 35.2 Å². The molecule has 2 aliphatic rings. The van der Waals surface area contributed by atoms with Crippen molar-refractivity contribution in [3.63, 3.8) is 0 Å². The summed E-state index contributed by atoms with van der Waals surface area (Å²) in [4.78, 5) is 14.3.